The fraction of sp³-hybridized carbons (Fsp3) is 0.226. The Balaban J connectivity index is 1.63. The summed E-state index contributed by atoms with van der Waals surface area (Å²) < 4.78 is 34.5. The molecule has 0 fully saturated rings. The minimum absolute atomic E-state index is 0.107. The minimum Gasteiger partial charge on any atom is -0.495 e. The summed E-state index contributed by atoms with van der Waals surface area (Å²) in [5.74, 6) is 0.424. The van der Waals surface area contributed by atoms with Crippen LogP contribution in [0.4, 0.5) is 5.69 Å². The second-order valence-corrected chi connectivity index (χ2v) is 11.3. The molecule has 4 aromatic rings. The van der Waals surface area contributed by atoms with Crippen molar-refractivity contribution in [2.24, 2.45) is 0 Å². The highest BCUT2D eigenvalue weighted by atomic mass is 32.2. The van der Waals surface area contributed by atoms with Crippen molar-refractivity contribution < 1.29 is 23.2 Å². The third-order valence-electron chi connectivity index (χ3n) is 6.46. The van der Waals surface area contributed by atoms with Gasteiger partial charge in [0.2, 0.25) is 0 Å². The normalized spacial score (nSPS) is 12.3. The van der Waals surface area contributed by atoms with E-state index in [0.717, 1.165) is 21.6 Å². The van der Waals surface area contributed by atoms with Gasteiger partial charge in [-0.05, 0) is 31.2 Å². The molecule has 0 unspecified atom stereocenters. The Morgan fingerprint density at radius 2 is 1.32 bits per heavy atom. The molecule has 0 saturated carbocycles. The summed E-state index contributed by atoms with van der Waals surface area (Å²) in [4.78, 5) is 1.29. The molecule has 1 atom stereocenters. The molecule has 0 aromatic heterocycles. The van der Waals surface area contributed by atoms with Gasteiger partial charge in [0.15, 0.2) is 0 Å². The minimum atomic E-state index is -3.97. The number of ether oxygens (including phenoxy) is 1. The molecule has 0 heterocycles. The number of hydrogen-bond donors (Lipinski definition) is 2. The lowest BCUT2D eigenvalue weighted by Crippen LogP contribution is -3.10. The van der Waals surface area contributed by atoms with Crippen LogP contribution < -0.4 is 13.9 Å². The zero-order chi connectivity index (χ0) is 27.0. The Kier molecular flexibility index (Phi) is 9.18. The van der Waals surface area contributed by atoms with Gasteiger partial charge in [-0.3, -0.25) is 4.31 Å². The average Bonchev–Trinajstić information content (AvgIpc) is 2.93. The second-order valence-electron chi connectivity index (χ2n) is 9.45. The van der Waals surface area contributed by atoms with E-state index in [4.69, 9.17) is 4.74 Å². The standard InChI is InChI=1S/C31H34N2O4S/c1-25-17-19-29(20-18-25)38(35,36)33(30-15-9-10-16-31(30)37-2)24-28(34)23-32(21-26-11-5-3-6-12-26)22-27-13-7-4-8-14-27/h3-20,28,34H,21-24H2,1-2H3/p+1/t28-/m0/s1. The first-order valence-electron chi connectivity index (χ1n) is 12.7. The van der Waals surface area contributed by atoms with Crippen LogP contribution in [-0.4, -0.2) is 39.8 Å². The largest absolute Gasteiger partial charge is 0.495 e. The molecule has 6 nitrogen and oxygen atoms in total. The van der Waals surface area contributed by atoms with Crippen LogP contribution in [0.2, 0.25) is 0 Å². The molecule has 7 heteroatoms. The number of quaternary nitrogens is 1. The molecule has 0 aliphatic rings. The summed E-state index contributed by atoms with van der Waals surface area (Å²) in [6, 6.07) is 34.0. The van der Waals surface area contributed by atoms with Gasteiger partial charge < -0.3 is 14.7 Å². The van der Waals surface area contributed by atoms with Crippen LogP contribution in [0.15, 0.2) is 114 Å². The Morgan fingerprint density at radius 1 is 0.789 bits per heavy atom. The van der Waals surface area contributed by atoms with E-state index in [0.29, 0.717) is 31.1 Å². The van der Waals surface area contributed by atoms with Crippen molar-refractivity contribution in [2.45, 2.75) is 31.0 Å². The monoisotopic (exact) mass is 531 g/mol. The second kappa shape index (κ2) is 12.7. The maximum absolute atomic E-state index is 13.9. The zero-order valence-electron chi connectivity index (χ0n) is 21.8. The van der Waals surface area contributed by atoms with Crippen molar-refractivity contribution in [1.82, 2.24) is 0 Å². The fourth-order valence-corrected chi connectivity index (χ4v) is 6.08. The molecule has 4 aromatic carbocycles. The number of methoxy groups -OCH3 is 1. The smallest absolute Gasteiger partial charge is 0.264 e. The van der Waals surface area contributed by atoms with E-state index in [1.54, 1.807) is 48.5 Å². The van der Waals surface area contributed by atoms with Crippen LogP contribution in [0, 0.1) is 6.92 Å². The summed E-state index contributed by atoms with van der Waals surface area (Å²) >= 11 is 0. The van der Waals surface area contributed by atoms with E-state index in [2.05, 4.69) is 24.3 Å². The van der Waals surface area contributed by atoms with E-state index >= 15 is 0 Å². The maximum Gasteiger partial charge on any atom is 0.264 e. The van der Waals surface area contributed by atoms with E-state index < -0.39 is 16.1 Å². The summed E-state index contributed by atoms with van der Waals surface area (Å²) in [5.41, 5.74) is 3.66. The van der Waals surface area contributed by atoms with Gasteiger partial charge in [0.1, 0.15) is 31.5 Å². The molecule has 0 spiro atoms. The number of aryl methyl sites for hydroxylation is 1. The number of anilines is 1. The number of hydrogen-bond acceptors (Lipinski definition) is 4. The van der Waals surface area contributed by atoms with Crippen molar-refractivity contribution in [3.8, 4) is 5.75 Å². The molecule has 0 aliphatic heterocycles. The van der Waals surface area contributed by atoms with E-state index in [9.17, 15) is 13.5 Å². The molecule has 0 saturated heterocycles. The topological polar surface area (TPSA) is 71.3 Å². The molecule has 4 rings (SSSR count). The molecule has 198 valence electrons. The molecular weight excluding hydrogens is 496 g/mol. The molecular formula is C31H35N2O4S+. The van der Waals surface area contributed by atoms with Crippen LogP contribution in [0.1, 0.15) is 16.7 Å². The van der Waals surface area contributed by atoms with E-state index in [1.807, 2.05) is 43.3 Å². The van der Waals surface area contributed by atoms with Gasteiger partial charge >= 0.3 is 0 Å². The van der Waals surface area contributed by atoms with Gasteiger partial charge in [-0.15, -0.1) is 0 Å². The third kappa shape index (κ3) is 7.01. The predicted molar refractivity (Wildman–Crippen MR) is 151 cm³/mol. The quantitative estimate of drug-likeness (QED) is 0.291. The number of aliphatic hydroxyl groups excluding tert-OH is 1. The Labute approximate surface area is 225 Å². The summed E-state index contributed by atoms with van der Waals surface area (Å²) in [6.45, 7) is 3.57. The summed E-state index contributed by atoms with van der Waals surface area (Å²) in [5, 5.41) is 11.4. The molecule has 0 amide bonds. The molecule has 2 N–H and O–H groups in total. The predicted octanol–water partition coefficient (Wildman–Crippen LogP) is 3.85. The number of benzene rings is 4. The summed E-state index contributed by atoms with van der Waals surface area (Å²) in [6.07, 6.45) is -0.928. The van der Waals surface area contributed by atoms with Crippen molar-refractivity contribution in [3.63, 3.8) is 0 Å². The zero-order valence-corrected chi connectivity index (χ0v) is 22.6. The number of sulfonamides is 1. The highest BCUT2D eigenvalue weighted by Crippen LogP contribution is 2.32. The lowest BCUT2D eigenvalue weighted by Gasteiger charge is -2.29. The number of nitrogens with one attached hydrogen (secondary N) is 1. The lowest BCUT2D eigenvalue weighted by molar-refractivity contribution is -0.930. The SMILES string of the molecule is COc1ccccc1N(C[C@@H](O)C[NH+](Cc1ccccc1)Cc1ccccc1)S(=O)(=O)c1ccc(C)cc1. The van der Waals surface area contributed by atoms with Gasteiger partial charge in [0.05, 0.1) is 24.2 Å². The van der Waals surface area contributed by atoms with Crippen molar-refractivity contribution in [3.05, 3.63) is 126 Å². The Bertz CT molecular complexity index is 1350. The molecule has 0 radical (unpaired) electrons. The van der Waals surface area contributed by atoms with Crippen molar-refractivity contribution in [2.75, 3.05) is 24.5 Å². The Morgan fingerprint density at radius 3 is 1.87 bits per heavy atom. The highest BCUT2D eigenvalue weighted by Gasteiger charge is 2.30. The van der Waals surface area contributed by atoms with Gasteiger partial charge in [0, 0.05) is 11.1 Å². The first-order valence-corrected chi connectivity index (χ1v) is 14.1. The average molecular weight is 532 g/mol. The van der Waals surface area contributed by atoms with Gasteiger partial charge in [-0.25, -0.2) is 8.42 Å². The lowest BCUT2D eigenvalue weighted by atomic mass is 10.1. The number of rotatable bonds is 12. The van der Waals surface area contributed by atoms with E-state index in [1.165, 1.54) is 11.4 Å². The number of aliphatic hydroxyl groups is 1. The van der Waals surface area contributed by atoms with Gasteiger partial charge in [0.25, 0.3) is 10.0 Å². The van der Waals surface area contributed by atoms with Crippen molar-refractivity contribution >= 4 is 15.7 Å². The Hall–Kier alpha value is -3.65. The maximum atomic E-state index is 13.9. The molecule has 0 bridgehead atoms. The van der Waals surface area contributed by atoms with Crippen LogP contribution >= 0.6 is 0 Å². The summed E-state index contributed by atoms with van der Waals surface area (Å²) in [7, 11) is -2.46. The first-order chi connectivity index (χ1) is 18.4. The third-order valence-corrected chi connectivity index (χ3v) is 8.25. The van der Waals surface area contributed by atoms with Gasteiger partial charge in [-0.2, -0.15) is 0 Å². The van der Waals surface area contributed by atoms with Crippen LogP contribution in [0.3, 0.4) is 0 Å². The molecule has 38 heavy (non-hydrogen) atoms. The van der Waals surface area contributed by atoms with E-state index in [-0.39, 0.29) is 11.4 Å². The number of para-hydroxylation sites is 2. The van der Waals surface area contributed by atoms with Crippen LogP contribution in [0.5, 0.6) is 5.75 Å². The first kappa shape index (κ1) is 27.4. The highest BCUT2D eigenvalue weighted by molar-refractivity contribution is 7.92. The van der Waals surface area contributed by atoms with Crippen LogP contribution in [-0.2, 0) is 23.1 Å². The van der Waals surface area contributed by atoms with Crippen molar-refractivity contribution in [1.29, 1.82) is 0 Å². The number of nitrogens with zero attached hydrogens (tertiary/aromatic N) is 1. The van der Waals surface area contributed by atoms with Gasteiger partial charge in [-0.1, -0.05) is 90.5 Å². The van der Waals surface area contributed by atoms with Crippen LogP contribution in [0.25, 0.3) is 0 Å². The fourth-order valence-electron chi connectivity index (χ4n) is 4.56. The molecule has 0 aliphatic carbocycles.